The number of ketones is 1. The van der Waals surface area contributed by atoms with Gasteiger partial charge in [-0.1, -0.05) is 13.8 Å². The van der Waals surface area contributed by atoms with E-state index in [0.717, 1.165) is 0 Å². The van der Waals surface area contributed by atoms with E-state index < -0.39 is 52.7 Å². The van der Waals surface area contributed by atoms with Gasteiger partial charge in [0.25, 0.3) is 0 Å². The number of hydrogen-bond acceptors (Lipinski definition) is 9. The first-order chi connectivity index (χ1) is 14.6. The molecule has 31 heavy (non-hydrogen) atoms. The number of carbonyl (C=O) groups is 4. The van der Waals surface area contributed by atoms with E-state index >= 15 is 0 Å². The molecule has 3 aliphatic rings. The second-order valence-corrected chi connectivity index (χ2v) is 9.37. The summed E-state index contributed by atoms with van der Waals surface area (Å²) in [6, 6.07) is 0. The number of aromatic nitrogens is 3. The molecule has 2 saturated carbocycles. The van der Waals surface area contributed by atoms with E-state index in [1.165, 1.54) is 20.2 Å². The topological polar surface area (TPSA) is 138 Å². The van der Waals surface area contributed by atoms with Crippen molar-refractivity contribution in [2.24, 2.45) is 28.6 Å². The minimum atomic E-state index is -1.06. The van der Waals surface area contributed by atoms with Crippen molar-refractivity contribution in [3.63, 3.8) is 0 Å². The fourth-order valence-electron chi connectivity index (χ4n) is 6.35. The summed E-state index contributed by atoms with van der Waals surface area (Å²) in [7, 11) is 1.31. The van der Waals surface area contributed by atoms with Gasteiger partial charge in [-0.25, -0.2) is 0 Å². The zero-order valence-corrected chi connectivity index (χ0v) is 18.0. The fourth-order valence-corrected chi connectivity index (χ4v) is 6.35. The second-order valence-electron chi connectivity index (χ2n) is 9.37. The van der Waals surface area contributed by atoms with Gasteiger partial charge in [-0.3, -0.25) is 19.2 Å². The number of esters is 3. The maximum absolute atomic E-state index is 13.7. The Morgan fingerprint density at radius 2 is 2.00 bits per heavy atom. The standard InChI is InChI=1S/C21H27N3O7/c1-10(25)30-14-7-12(18(27)29-4)20(2)6-5-11-19(28)31-15(13-9-22-24-23-13)8-21(11,3)17(20)16(14)26/h9,11-12,14-15,17H,5-8H2,1-4H3,(H,22,23,24)/t11-,12-,14-,15-,17-,20-,21-/m0/s1. The van der Waals surface area contributed by atoms with Gasteiger partial charge in [-0.15, -0.1) is 0 Å². The van der Waals surface area contributed by atoms with Crippen LogP contribution in [0.2, 0.25) is 0 Å². The molecule has 1 aromatic heterocycles. The molecular weight excluding hydrogens is 406 g/mol. The summed E-state index contributed by atoms with van der Waals surface area (Å²) in [6.07, 6.45) is 1.18. The molecule has 3 fully saturated rings. The van der Waals surface area contributed by atoms with Crippen LogP contribution in [0.5, 0.6) is 0 Å². The minimum Gasteiger partial charge on any atom is -0.469 e. The van der Waals surface area contributed by atoms with Crippen LogP contribution in [0.15, 0.2) is 6.20 Å². The number of nitrogens with one attached hydrogen (secondary N) is 1. The van der Waals surface area contributed by atoms with Crippen molar-refractivity contribution in [1.82, 2.24) is 15.4 Å². The quantitative estimate of drug-likeness (QED) is 0.555. The molecule has 1 saturated heterocycles. The molecule has 2 heterocycles. The molecule has 7 atom stereocenters. The van der Waals surface area contributed by atoms with Crippen LogP contribution in [0, 0.1) is 28.6 Å². The Balaban J connectivity index is 1.80. The lowest BCUT2D eigenvalue weighted by molar-refractivity contribution is -0.210. The van der Waals surface area contributed by atoms with Crippen molar-refractivity contribution in [3.05, 3.63) is 11.9 Å². The highest BCUT2D eigenvalue weighted by Gasteiger charge is 2.67. The second kappa shape index (κ2) is 7.42. The number of hydrogen-bond donors (Lipinski definition) is 1. The smallest absolute Gasteiger partial charge is 0.310 e. The minimum absolute atomic E-state index is 0.0794. The molecule has 10 nitrogen and oxygen atoms in total. The number of rotatable bonds is 3. The summed E-state index contributed by atoms with van der Waals surface area (Å²) >= 11 is 0. The van der Waals surface area contributed by atoms with Crippen LogP contribution in [-0.2, 0) is 33.4 Å². The predicted octanol–water partition coefficient (Wildman–Crippen LogP) is 1.53. The summed E-state index contributed by atoms with van der Waals surface area (Å²) < 4.78 is 16.0. The molecule has 0 radical (unpaired) electrons. The first-order valence-corrected chi connectivity index (χ1v) is 10.5. The third-order valence-corrected chi connectivity index (χ3v) is 7.66. The van der Waals surface area contributed by atoms with E-state index in [1.54, 1.807) is 0 Å². The molecule has 0 amide bonds. The SMILES string of the molecule is COC(=O)[C@@H]1C[C@H](OC(C)=O)C(=O)[C@H]2[C@@]1(C)CC[C@H]1C(=O)O[C@H](c3cn[nH]n3)C[C@]21C. The van der Waals surface area contributed by atoms with Gasteiger partial charge < -0.3 is 14.2 Å². The predicted molar refractivity (Wildman–Crippen MR) is 103 cm³/mol. The molecule has 2 aliphatic carbocycles. The normalized spacial score (nSPS) is 39.7. The van der Waals surface area contributed by atoms with Gasteiger partial charge in [0.05, 0.1) is 25.1 Å². The van der Waals surface area contributed by atoms with Gasteiger partial charge >= 0.3 is 17.9 Å². The van der Waals surface area contributed by atoms with Crippen molar-refractivity contribution in [1.29, 1.82) is 0 Å². The molecule has 1 aliphatic heterocycles. The third kappa shape index (κ3) is 3.23. The summed E-state index contributed by atoms with van der Waals surface area (Å²) in [6.45, 7) is 5.04. The highest BCUT2D eigenvalue weighted by molar-refractivity contribution is 5.93. The van der Waals surface area contributed by atoms with Gasteiger partial charge in [0.2, 0.25) is 0 Å². The van der Waals surface area contributed by atoms with Crippen molar-refractivity contribution >= 4 is 23.7 Å². The number of methoxy groups -OCH3 is 1. The van der Waals surface area contributed by atoms with Crippen molar-refractivity contribution < 1.29 is 33.4 Å². The summed E-state index contributed by atoms with van der Waals surface area (Å²) in [5, 5.41) is 10.4. The number of cyclic esters (lactones) is 1. The van der Waals surface area contributed by atoms with E-state index in [4.69, 9.17) is 14.2 Å². The van der Waals surface area contributed by atoms with Crippen LogP contribution in [0.4, 0.5) is 0 Å². The lowest BCUT2D eigenvalue weighted by atomic mass is 9.43. The van der Waals surface area contributed by atoms with Crippen LogP contribution in [-0.4, -0.2) is 52.3 Å². The number of aromatic amines is 1. The van der Waals surface area contributed by atoms with Crippen molar-refractivity contribution in [2.45, 2.75) is 58.7 Å². The number of nitrogens with zero attached hydrogens (tertiary/aromatic N) is 2. The molecule has 4 rings (SSSR count). The number of H-pyrrole nitrogens is 1. The zero-order valence-electron chi connectivity index (χ0n) is 18.0. The van der Waals surface area contributed by atoms with Crippen LogP contribution < -0.4 is 0 Å². The summed E-state index contributed by atoms with van der Waals surface area (Å²) in [5.74, 6) is -3.50. The molecule has 1 aromatic rings. The van der Waals surface area contributed by atoms with Crippen LogP contribution in [0.3, 0.4) is 0 Å². The van der Waals surface area contributed by atoms with Gasteiger partial charge in [0.15, 0.2) is 11.9 Å². The average Bonchev–Trinajstić information content (AvgIpc) is 3.23. The molecular formula is C21H27N3O7. The Morgan fingerprint density at radius 1 is 1.26 bits per heavy atom. The van der Waals surface area contributed by atoms with Gasteiger partial charge in [-0.05, 0) is 30.1 Å². The molecule has 0 bridgehead atoms. The molecule has 168 valence electrons. The van der Waals surface area contributed by atoms with Crippen LogP contribution >= 0.6 is 0 Å². The van der Waals surface area contributed by atoms with E-state index in [-0.39, 0.29) is 18.2 Å². The first kappa shape index (κ1) is 21.5. The molecule has 1 N–H and O–H groups in total. The lowest BCUT2D eigenvalue weighted by Crippen LogP contribution is -2.64. The van der Waals surface area contributed by atoms with E-state index in [9.17, 15) is 19.2 Å². The number of ether oxygens (including phenoxy) is 3. The van der Waals surface area contributed by atoms with Crippen molar-refractivity contribution in [2.75, 3.05) is 7.11 Å². The zero-order chi connectivity index (χ0) is 22.6. The molecule has 0 spiro atoms. The highest BCUT2D eigenvalue weighted by Crippen LogP contribution is 2.65. The Bertz CT molecular complexity index is 916. The molecule has 0 aromatic carbocycles. The van der Waals surface area contributed by atoms with Crippen LogP contribution in [0.1, 0.15) is 58.3 Å². The van der Waals surface area contributed by atoms with Crippen molar-refractivity contribution in [3.8, 4) is 0 Å². The first-order valence-electron chi connectivity index (χ1n) is 10.5. The summed E-state index contributed by atoms with van der Waals surface area (Å²) in [4.78, 5) is 51.1. The number of fused-ring (bicyclic) bond motifs is 3. The Labute approximate surface area is 179 Å². The van der Waals surface area contributed by atoms with E-state index in [1.807, 2.05) is 13.8 Å². The number of carbonyl (C=O) groups excluding carboxylic acids is 4. The maximum Gasteiger partial charge on any atom is 0.310 e. The summed E-state index contributed by atoms with van der Waals surface area (Å²) in [5.41, 5.74) is -1.07. The maximum atomic E-state index is 13.7. The average molecular weight is 433 g/mol. The fraction of sp³-hybridized carbons (Fsp3) is 0.714. The van der Waals surface area contributed by atoms with Gasteiger partial charge in [0.1, 0.15) is 11.8 Å². The molecule has 0 unspecified atom stereocenters. The van der Waals surface area contributed by atoms with Gasteiger partial charge in [-0.2, -0.15) is 15.4 Å². The van der Waals surface area contributed by atoms with Crippen LogP contribution in [0.25, 0.3) is 0 Å². The monoisotopic (exact) mass is 433 g/mol. The third-order valence-electron chi connectivity index (χ3n) is 7.66. The largest absolute Gasteiger partial charge is 0.469 e. The number of Topliss-reactive ketones (excluding diaryl/α,β-unsaturated/α-hetero) is 1. The van der Waals surface area contributed by atoms with E-state index in [0.29, 0.717) is 25.0 Å². The Morgan fingerprint density at radius 3 is 2.61 bits per heavy atom. The highest BCUT2D eigenvalue weighted by atomic mass is 16.6. The van der Waals surface area contributed by atoms with Gasteiger partial charge in [0, 0.05) is 19.3 Å². The lowest BCUT2D eigenvalue weighted by Gasteiger charge is -2.60. The Kier molecular flexibility index (Phi) is 5.13. The van der Waals surface area contributed by atoms with E-state index in [2.05, 4.69) is 15.4 Å². The Hall–Kier alpha value is -2.78. The molecule has 10 heteroatoms.